The van der Waals surface area contributed by atoms with Crippen LogP contribution in [0.25, 0.3) is 0 Å². The van der Waals surface area contributed by atoms with Crippen LogP contribution in [0.2, 0.25) is 0 Å². The van der Waals surface area contributed by atoms with Gasteiger partial charge < -0.3 is 10.1 Å². The largest absolute Gasteiger partial charge is 0.492 e. The van der Waals surface area contributed by atoms with Gasteiger partial charge in [0, 0.05) is 11.6 Å². The molecule has 0 aliphatic rings. The lowest BCUT2D eigenvalue weighted by molar-refractivity contribution is 0.102. The van der Waals surface area contributed by atoms with Gasteiger partial charge in [-0.3, -0.25) is 4.79 Å². The predicted molar refractivity (Wildman–Crippen MR) is 102 cm³/mol. The molecule has 0 unspecified atom stereocenters. The molecule has 7 heteroatoms. The van der Waals surface area contributed by atoms with Crippen molar-refractivity contribution in [3.8, 4) is 5.75 Å². The summed E-state index contributed by atoms with van der Waals surface area (Å²) in [6.45, 7) is 5.91. The number of anilines is 1. The Balaban J connectivity index is 2.35. The minimum Gasteiger partial charge on any atom is -0.492 e. The van der Waals surface area contributed by atoms with E-state index in [0.717, 1.165) is 0 Å². The zero-order valence-electron chi connectivity index (χ0n) is 15.2. The van der Waals surface area contributed by atoms with Gasteiger partial charge in [0.2, 0.25) is 10.0 Å². The van der Waals surface area contributed by atoms with Crippen molar-refractivity contribution in [1.29, 1.82) is 0 Å². The van der Waals surface area contributed by atoms with E-state index in [1.165, 1.54) is 12.1 Å². The molecule has 2 rings (SSSR count). The van der Waals surface area contributed by atoms with Crippen molar-refractivity contribution in [1.82, 2.24) is 4.72 Å². The van der Waals surface area contributed by atoms with E-state index in [0.29, 0.717) is 30.0 Å². The number of hydrogen-bond donors (Lipinski definition) is 2. The number of rotatable bonds is 8. The van der Waals surface area contributed by atoms with Gasteiger partial charge in [-0.15, -0.1) is 0 Å². The van der Waals surface area contributed by atoms with E-state index in [1.807, 2.05) is 19.9 Å². The number of amides is 1. The van der Waals surface area contributed by atoms with E-state index < -0.39 is 10.0 Å². The van der Waals surface area contributed by atoms with Crippen LogP contribution >= 0.6 is 0 Å². The molecular formula is C19H24N2O4S. The molecule has 0 saturated heterocycles. The normalized spacial score (nSPS) is 12.4. The highest BCUT2D eigenvalue weighted by Gasteiger charge is 2.19. The molecule has 2 aromatic rings. The fraction of sp³-hybridized carbons (Fsp3) is 0.316. The molecule has 1 atom stereocenters. The zero-order valence-corrected chi connectivity index (χ0v) is 16.0. The van der Waals surface area contributed by atoms with E-state index in [9.17, 15) is 13.2 Å². The average Bonchev–Trinajstić information content (AvgIpc) is 2.63. The summed E-state index contributed by atoms with van der Waals surface area (Å²) in [5, 5.41) is 2.74. The van der Waals surface area contributed by atoms with Crippen LogP contribution in [-0.2, 0) is 10.0 Å². The third-order valence-electron chi connectivity index (χ3n) is 3.81. The molecule has 140 valence electrons. The molecule has 0 aromatic heterocycles. The summed E-state index contributed by atoms with van der Waals surface area (Å²) >= 11 is 0. The predicted octanol–water partition coefficient (Wildman–Crippen LogP) is 3.41. The highest BCUT2D eigenvalue weighted by molar-refractivity contribution is 7.89. The first-order valence-corrected chi connectivity index (χ1v) is 10.0. The maximum atomic E-state index is 12.5. The van der Waals surface area contributed by atoms with Crippen LogP contribution in [0.3, 0.4) is 0 Å². The van der Waals surface area contributed by atoms with Crippen molar-refractivity contribution in [2.24, 2.45) is 0 Å². The minimum absolute atomic E-state index is 0.0737. The first-order chi connectivity index (χ1) is 12.4. The van der Waals surface area contributed by atoms with Gasteiger partial charge in [0.05, 0.1) is 17.2 Å². The molecule has 0 saturated carbocycles. The Bertz CT molecular complexity index is 851. The van der Waals surface area contributed by atoms with Crippen molar-refractivity contribution in [3.63, 3.8) is 0 Å². The van der Waals surface area contributed by atoms with Crippen LogP contribution in [0.5, 0.6) is 5.75 Å². The highest BCUT2D eigenvalue weighted by atomic mass is 32.2. The Morgan fingerprint density at radius 3 is 2.42 bits per heavy atom. The van der Waals surface area contributed by atoms with Gasteiger partial charge in [-0.1, -0.05) is 25.1 Å². The van der Waals surface area contributed by atoms with E-state index in [4.69, 9.17) is 4.74 Å². The Morgan fingerprint density at radius 2 is 1.81 bits per heavy atom. The third kappa shape index (κ3) is 5.06. The monoisotopic (exact) mass is 376 g/mol. The molecule has 0 fully saturated rings. The zero-order chi connectivity index (χ0) is 19.2. The average molecular weight is 376 g/mol. The Hall–Kier alpha value is -2.38. The molecule has 26 heavy (non-hydrogen) atoms. The molecule has 0 spiro atoms. The van der Waals surface area contributed by atoms with Crippen LogP contribution in [0, 0.1) is 0 Å². The molecule has 6 nitrogen and oxygen atoms in total. The van der Waals surface area contributed by atoms with Crippen LogP contribution < -0.4 is 14.8 Å². The van der Waals surface area contributed by atoms with E-state index >= 15 is 0 Å². The van der Waals surface area contributed by atoms with Crippen LogP contribution in [0.4, 0.5) is 5.69 Å². The number of carbonyl (C=O) groups excluding carboxylic acids is 1. The topological polar surface area (TPSA) is 84.5 Å². The molecule has 0 heterocycles. The number of ether oxygens (including phenoxy) is 1. The minimum atomic E-state index is -3.68. The van der Waals surface area contributed by atoms with Crippen molar-refractivity contribution in [3.05, 3.63) is 54.1 Å². The second kappa shape index (κ2) is 8.82. The Kier molecular flexibility index (Phi) is 6.76. The lowest BCUT2D eigenvalue weighted by Gasteiger charge is -2.16. The summed E-state index contributed by atoms with van der Waals surface area (Å²) < 4.78 is 33.1. The second-order valence-corrected chi connectivity index (χ2v) is 7.56. The SMILES string of the molecule is CCOc1ccc(S(=O)(=O)N[C@@H](C)CC)cc1NC(=O)c1ccccc1. The number of sulfonamides is 1. The van der Waals surface area contributed by atoms with Crippen LogP contribution in [-0.4, -0.2) is 27.0 Å². The van der Waals surface area contributed by atoms with Gasteiger partial charge in [0.1, 0.15) is 5.75 Å². The van der Waals surface area contributed by atoms with Crippen molar-refractivity contribution in [2.75, 3.05) is 11.9 Å². The van der Waals surface area contributed by atoms with E-state index in [1.54, 1.807) is 37.3 Å². The summed E-state index contributed by atoms with van der Waals surface area (Å²) in [4.78, 5) is 12.5. The quantitative estimate of drug-likeness (QED) is 0.739. The molecule has 2 aromatic carbocycles. The summed E-state index contributed by atoms with van der Waals surface area (Å²) in [5.41, 5.74) is 0.786. The van der Waals surface area contributed by atoms with Crippen LogP contribution in [0.15, 0.2) is 53.4 Å². The highest BCUT2D eigenvalue weighted by Crippen LogP contribution is 2.28. The van der Waals surface area contributed by atoms with Gasteiger partial charge in [-0.2, -0.15) is 0 Å². The van der Waals surface area contributed by atoms with Gasteiger partial charge in [0.15, 0.2) is 0 Å². The van der Waals surface area contributed by atoms with E-state index in [2.05, 4.69) is 10.0 Å². The number of nitrogens with one attached hydrogen (secondary N) is 2. The smallest absolute Gasteiger partial charge is 0.255 e. The summed E-state index contributed by atoms with van der Waals surface area (Å²) in [6, 6.07) is 12.9. The second-order valence-electron chi connectivity index (χ2n) is 5.84. The Labute approximate surface area is 154 Å². The molecule has 0 aliphatic carbocycles. The molecule has 0 bridgehead atoms. The molecule has 2 N–H and O–H groups in total. The number of benzene rings is 2. The maximum absolute atomic E-state index is 12.5. The van der Waals surface area contributed by atoms with E-state index in [-0.39, 0.29) is 16.8 Å². The third-order valence-corrected chi connectivity index (χ3v) is 5.40. The molecule has 1 amide bonds. The molecule has 0 radical (unpaired) electrons. The standard InChI is InChI=1S/C19H24N2O4S/c1-4-14(3)21-26(23,24)16-11-12-18(25-5-2)17(13-16)20-19(22)15-9-7-6-8-10-15/h6-14,21H,4-5H2,1-3H3,(H,20,22)/t14-/m0/s1. The maximum Gasteiger partial charge on any atom is 0.255 e. The summed E-state index contributed by atoms with van der Waals surface area (Å²) in [7, 11) is -3.68. The molecular weight excluding hydrogens is 352 g/mol. The van der Waals surface area contributed by atoms with Gasteiger partial charge in [0.25, 0.3) is 5.91 Å². The number of hydrogen-bond acceptors (Lipinski definition) is 4. The first-order valence-electron chi connectivity index (χ1n) is 8.53. The number of carbonyl (C=O) groups is 1. The lowest BCUT2D eigenvalue weighted by Crippen LogP contribution is -2.32. The van der Waals surface area contributed by atoms with Gasteiger partial charge in [-0.25, -0.2) is 13.1 Å². The van der Waals surface area contributed by atoms with Crippen molar-refractivity contribution < 1.29 is 17.9 Å². The van der Waals surface area contributed by atoms with Gasteiger partial charge >= 0.3 is 0 Å². The van der Waals surface area contributed by atoms with Crippen molar-refractivity contribution in [2.45, 2.75) is 38.1 Å². The first kappa shape index (κ1) is 19.9. The van der Waals surface area contributed by atoms with Crippen LogP contribution in [0.1, 0.15) is 37.6 Å². The Morgan fingerprint density at radius 1 is 1.12 bits per heavy atom. The van der Waals surface area contributed by atoms with Gasteiger partial charge in [-0.05, 0) is 50.6 Å². The summed E-state index contributed by atoms with van der Waals surface area (Å²) in [6.07, 6.45) is 0.674. The van der Waals surface area contributed by atoms with Crippen molar-refractivity contribution >= 4 is 21.6 Å². The fourth-order valence-electron chi connectivity index (χ4n) is 2.26. The lowest BCUT2D eigenvalue weighted by atomic mass is 10.2. The molecule has 0 aliphatic heterocycles. The fourth-order valence-corrected chi connectivity index (χ4v) is 3.61. The summed E-state index contributed by atoms with van der Waals surface area (Å²) in [5.74, 6) is 0.0789.